The van der Waals surface area contributed by atoms with Crippen LogP contribution in [0.25, 0.3) is 10.2 Å². The molecule has 0 bridgehead atoms. The van der Waals surface area contributed by atoms with E-state index < -0.39 is 17.8 Å². The summed E-state index contributed by atoms with van der Waals surface area (Å²) in [7, 11) is 0. The molecule has 0 atom stereocenters. The molecule has 202 valence electrons. The van der Waals surface area contributed by atoms with Gasteiger partial charge in [0.2, 0.25) is 0 Å². The Morgan fingerprint density at radius 2 is 1.66 bits per heavy atom. The lowest BCUT2D eigenvalue weighted by molar-refractivity contribution is -0.137. The highest BCUT2D eigenvalue weighted by atomic mass is 32.1. The number of halogens is 3. The third-order valence-corrected chi connectivity index (χ3v) is 8.35. The van der Waals surface area contributed by atoms with Crippen molar-refractivity contribution in [3.63, 3.8) is 0 Å². The first kappa shape index (κ1) is 26.6. The quantitative estimate of drug-likeness (QED) is 0.422. The summed E-state index contributed by atoms with van der Waals surface area (Å²) in [5.41, 5.74) is 1.39. The Kier molecular flexibility index (Phi) is 7.73. The minimum absolute atomic E-state index is 0.0327. The molecule has 2 saturated heterocycles. The standard InChI is InChI=1S/C26H27F3N4O3S2/c27-26(28,29)19-4-1-17(2-5-19)16-36-25(35)33-13-11-31(12-14-33)20-7-9-32(10-8-20)23(34)18-3-6-21-22(15-18)38-24(37)30-21/h1-6,15,20H,7-14,16H2,(H,30,37). The van der Waals surface area contributed by atoms with Crippen molar-refractivity contribution in [1.82, 2.24) is 19.7 Å². The van der Waals surface area contributed by atoms with Gasteiger partial charge < -0.3 is 19.5 Å². The Labute approximate surface area is 226 Å². The third kappa shape index (κ3) is 6.02. The van der Waals surface area contributed by atoms with Gasteiger partial charge in [0.15, 0.2) is 3.95 Å². The van der Waals surface area contributed by atoms with Crippen LogP contribution in [-0.2, 0) is 17.5 Å². The summed E-state index contributed by atoms with van der Waals surface area (Å²) in [5, 5.41) is 0. The van der Waals surface area contributed by atoms with Crippen molar-refractivity contribution in [3.05, 3.63) is 63.1 Å². The molecule has 2 aliphatic rings. The van der Waals surface area contributed by atoms with Crippen LogP contribution in [0.3, 0.4) is 0 Å². The van der Waals surface area contributed by atoms with E-state index in [1.807, 2.05) is 23.1 Å². The molecule has 2 aromatic carbocycles. The summed E-state index contributed by atoms with van der Waals surface area (Å²) in [4.78, 5) is 34.5. The number of thiazole rings is 1. The monoisotopic (exact) mass is 564 g/mol. The van der Waals surface area contributed by atoms with Crippen LogP contribution in [0.1, 0.15) is 34.3 Å². The van der Waals surface area contributed by atoms with Crippen molar-refractivity contribution in [2.75, 3.05) is 39.3 Å². The van der Waals surface area contributed by atoms with Crippen LogP contribution in [0.5, 0.6) is 0 Å². The van der Waals surface area contributed by atoms with E-state index in [9.17, 15) is 22.8 Å². The summed E-state index contributed by atoms with van der Waals surface area (Å²) >= 11 is 6.66. The highest BCUT2D eigenvalue weighted by Crippen LogP contribution is 2.29. The van der Waals surface area contributed by atoms with Gasteiger partial charge in [0.25, 0.3) is 5.91 Å². The molecule has 5 rings (SSSR count). The molecule has 12 heteroatoms. The molecular formula is C26H27F3N4O3S2. The Balaban J connectivity index is 1.06. The number of alkyl halides is 3. The zero-order valence-corrected chi connectivity index (χ0v) is 22.1. The van der Waals surface area contributed by atoms with Crippen molar-refractivity contribution in [2.24, 2.45) is 0 Å². The number of nitrogens with one attached hydrogen (secondary N) is 1. The van der Waals surface area contributed by atoms with E-state index in [1.165, 1.54) is 23.5 Å². The number of likely N-dealkylation sites (tertiary alicyclic amines) is 1. The second kappa shape index (κ2) is 11.0. The number of aromatic nitrogens is 1. The summed E-state index contributed by atoms with van der Waals surface area (Å²) in [6.07, 6.45) is -3.12. The molecule has 0 unspecified atom stereocenters. The first-order valence-electron chi connectivity index (χ1n) is 12.4. The van der Waals surface area contributed by atoms with Gasteiger partial charge in [0.1, 0.15) is 6.61 Å². The van der Waals surface area contributed by atoms with Gasteiger partial charge in [-0.3, -0.25) is 9.69 Å². The molecule has 2 fully saturated rings. The second-order valence-corrected chi connectivity index (χ2v) is 11.2. The van der Waals surface area contributed by atoms with Gasteiger partial charge in [-0.05, 0) is 61.0 Å². The number of aromatic amines is 1. The van der Waals surface area contributed by atoms with Crippen LogP contribution in [0.2, 0.25) is 0 Å². The van der Waals surface area contributed by atoms with E-state index in [1.54, 1.807) is 4.90 Å². The van der Waals surface area contributed by atoms with E-state index in [2.05, 4.69) is 9.88 Å². The molecule has 1 aromatic heterocycles. The fourth-order valence-corrected chi connectivity index (χ4v) is 6.15. The number of fused-ring (bicyclic) bond motifs is 1. The molecular weight excluding hydrogens is 537 g/mol. The average molecular weight is 565 g/mol. The number of rotatable bonds is 4. The highest BCUT2D eigenvalue weighted by molar-refractivity contribution is 7.73. The number of hydrogen-bond donors (Lipinski definition) is 1. The van der Waals surface area contributed by atoms with Gasteiger partial charge in [-0.1, -0.05) is 12.1 Å². The van der Waals surface area contributed by atoms with Gasteiger partial charge in [-0.25, -0.2) is 4.79 Å². The largest absolute Gasteiger partial charge is 0.445 e. The smallest absolute Gasteiger partial charge is 0.416 e. The van der Waals surface area contributed by atoms with E-state index in [4.69, 9.17) is 17.0 Å². The minimum Gasteiger partial charge on any atom is -0.445 e. The first-order chi connectivity index (χ1) is 18.2. The molecule has 0 spiro atoms. The van der Waals surface area contributed by atoms with Crippen molar-refractivity contribution < 1.29 is 27.5 Å². The topological polar surface area (TPSA) is 68.9 Å². The molecule has 0 aliphatic carbocycles. The molecule has 3 heterocycles. The number of carbonyl (C=O) groups is 2. The van der Waals surface area contributed by atoms with Gasteiger partial charge in [0, 0.05) is 50.9 Å². The Morgan fingerprint density at radius 3 is 2.32 bits per heavy atom. The molecule has 2 amide bonds. The maximum absolute atomic E-state index is 13.0. The van der Waals surface area contributed by atoms with Crippen molar-refractivity contribution in [1.29, 1.82) is 0 Å². The number of piperidine rings is 1. The summed E-state index contributed by atoms with van der Waals surface area (Å²) in [5.74, 6) is 0.0327. The summed E-state index contributed by atoms with van der Waals surface area (Å²) < 4.78 is 45.1. The van der Waals surface area contributed by atoms with E-state index in [0.29, 0.717) is 60.4 Å². The minimum atomic E-state index is -4.39. The van der Waals surface area contributed by atoms with Crippen LogP contribution >= 0.6 is 23.6 Å². The number of H-pyrrole nitrogens is 1. The summed E-state index contributed by atoms with van der Waals surface area (Å²) in [6, 6.07) is 10.6. The van der Waals surface area contributed by atoms with Crippen molar-refractivity contribution in [2.45, 2.75) is 31.7 Å². The number of benzene rings is 2. The molecule has 7 nitrogen and oxygen atoms in total. The van der Waals surface area contributed by atoms with Gasteiger partial charge in [-0.15, -0.1) is 11.3 Å². The lowest BCUT2D eigenvalue weighted by atomic mass is 10.0. The zero-order chi connectivity index (χ0) is 26.9. The Bertz CT molecular complexity index is 1360. The fourth-order valence-electron chi connectivity index (χ4n) is 4.99. The van der Waals surface area contributed by atoms with Gasteiger partial charge in [-0.2, -0.15) is 13.2 Å². The number of amides is 2. The number of hydrogen-bond acceptors (Lipinski definition) is 6. The van der Waals surface area contributed by atoms with E-state index in [0.717, 1.165) is 35.2 Å². The molecule has 38 heavy (non-hydrogen) atoms. The van der Waals surface area contributed by atoms with Gasteiger partial charge in [0.05, 0.1) is 15.8 Å². The number of carbonyl (C=O) groups excluding carboxylic acids is 2. The normalized spacial score (nSPS) is 17.7. The second-order valence-electron chi connectivity index (χ2n) is 9.52. The van der Waals surface area contributed by atoms with Crippen LogP contribution in [0.4, 0.5) is 18.0 Å². The average Bonchev–Trinajstić information content (AvgIpc) is 3.30. The molecule has 0 saturated carbocycles. The van der Waals surface area contributed by atoms with Crippen LogP contribution in [-0.4, -0.2) is 77.0 Å². The van der Waals surface area contributed by atoms with Crippen LogP contribution in [0.15, 0.2) is 42.5 Å². The first-order valence-corrected chi connectivity index (χ1v) is 13.6. The maximum Gasteiger partial charge on any atom is 0.416 e. The van der Waals surface area contributed by atoms with Crippen LogP contribution < -0.4 is 0 Å². The fraction of sp³-hybridized carbons (Fsp3) is 0.423. The molecule has 0 radical (unpaired) electrons. The van der Waals surface area contributed by atoms with Crippen molar-refractivity contribution in [3.8, 4) is 0 Å². The highest BCUT2D eigenvalue weighted by Gasteiger charge is 2.32. The summed E-state index contributed by atoms with van der Waals surface area (Å²) in [6.45, 7) is 3.75. The number of piperazine rings is 1. The SMILES string of the molecule is O=C(OCc1ccc(C(F)(F)F)cc1)N1CCN(C2CCN(C(=O)c3ccc4[nH]c(=S)sc4c3)CC2)CC1. The predicted molar refractivity (Wildman–Crippen MR) is 141 cm³/mol. The lowest BCUT2D eigenvalue weighted by Crippen LogP contribution is -2.54. The number of ether oxygens (including phenoxy) is 1. The van der Waals surface area contributed by atoms with Crippen molar-refractivity contribution >= 4 is 45.8 Å². The lowest BCUT2D eigenvalue weighted by Gasteiger charge is -2.42. The predicted octanol–water partition coefficient (Wildman–Crippen LogP) is 5.54. The molecule has 2 aliphatic heterocycles. The third-order valence-electron chi connectivity index (χ3n) is 7.15. The molecule has 1 N–H and O–H groups in total. The van der Waals surface area contributed by atoms with E-state index >= 15 is 0 Å². The maximum atomic E-state index is 13.0. The van der Waals surface area contributed by atoms with Crippen LogP contribution in [0, 0.1) is 3.95 Å². The Morgan fingerprint density at radius 1 is 0.974 bits per heavy atom. The van der Waals surface area contributed by atoms with Gasteiger partial charge >= 0.3 is 12.3 Å². The zero-order valence-electron chi connectivity index (χ0n) is 20.5. The van der Waals surface area contributed by atoms with E-state index in [-0.39, 0.29) is 12.5 Å². The number of nitrogens with zero attached hydrogens (tertiary/aromatic N) is 3. The molecule has 3 aromatic rings. The Hall–Kier alpha value is -2.96.